The predicted octanol–water partition coefficient (Wildman–Crippen LogP) is -0.277. The molecule has 1 atom stereocenters. The predicted molar refractivity (Wildman–Crippen MR) is 53.6 cm³/mol. The van der Waals surface area contributed by atoms with Crippen molar-refractivity contribution in [1.29, 1.82) is 0 Å². The molecule has 6 heteroatoms. The summed E-state index contributed by atoms with van der Waals surface area (Å²) in [7, 11) is 0. The Morgan fingerprint density at radius 2 is 1.93 bits per heavy atom. The lowest BCUT2D eigenvalue weighted by Gasteiger charge is -2.20. The number of esters is 1. The Kier molecular flexibility index (Phi) is 5.24. The number of ether oxygens (including phenoxy) is 1. The maximum absolute atomic E-state index is 11.2. The lowest BCUT2D eigenvalue weighted by molar-refractivity contribution is -0.157. The molecule has 15 heavy (non-hydrogen) atoms. The van der Waals surface area contributed by atoms with E-state index in [1.807, 2.05) is 0 Å². The van der Waals surface area contributed by atoms with Gasteiger partial charge in [0, 0.05) is 0 Å². The molecular formula is C9H18N2O4. The molecule has 88 valence electrons. The zero-order valence-electron chi connectivity index (χ0n) is 9.49. The smallest absolute Gasteiger partial charge is 0.332 e. The van der Waals surface area contributed by atoms with Gasteiger partial charge in [0.1, 0.15) is 0 Å². The minimum absolute atomic E-state index is 0.180. The Morgan fingerprint density at radius 3 is 2.33 bits per heavy atom. The van der Waals surface area contributed by atoms with Gasteiger partial charge in [-0.25, -0.2) is 10.3 Å². The average Bonchev–Trinajstić information content (AvgIpc) is 2.12. The van der Waals surface area contributed by atoms with Gasteiger partial charge in [0.25, 0.3) is 5.91 Å². The van der Waals surface area contributed by atoms with Crippen LogP contribution in [-0.2, 0) is 19.2 Å². The van der Waals surface area contributed by atoms with Crippen LogP contribution in [0, 0.1) is 0 Å². The van der Waals surface area contributed by atoms with Crippen LogP contribution in [0.15, 0.2) is 0 Å². The zero-order chi connectivity index (χ0) is 12.1. The van der Waals surface area contributed by atoms with Gasteiger partial charge >= 0.3 is 5.97 Å². The van der Waals surface area contributed by atoms with E-state index < -0.39 is 23.5 Å². The normalized spacial score (nSPS) is 13.1. The number of hydrogen-bond donors (Lipinski definition) is 2. The van der Waals surface area contributed by atoms with Gasteiger partial charge in [-0.2, -0.15) is 0 Å². The molecular weight excluding hydrogens is 200 g/mol. The van der Waals surface area contributed by atoms with Crippen LogP contribution < -0.4 is 11.2 Å². The number of hydrogen-bond acceptors (Lipinski definition) is 5. The lowest BCUT2D eigenvalue weighted by atomic mass is 10.2. The number of carbonyl (C=O) groups excluding carboxylic acids is 2. The first-order valence-electron chi connectivity index (χ1n) is 4.68. The summed E-state index contributed by atoms with van der Waals surface area (Å²) in [6.45, 7) is 7.07. The van der Waals surface area contributed by atoms with Crippen LogP contribution in [0.1, 0.15) is 27.7 Å². The molecule has 0 saturated heterocycles. The Labute approximate surface area is 89.1 Å². The van der Waals surface area contributed by atoms with Crippen molar-refractivity contribution < 1.29 is 19.2 Å². The fourth-order valence-electron chi connectivity index (χ4n) is 0.606. The van der Waals surface area contributed by atoms with Crippen molar-refractivity contribution in [2.45, 2.75) is 39.3 Å². The van der Waals surface area contributed by atoms with Gasteiger partial charge in [0.15, 0.2) is 6.04 Å². The molecule has 0 radical (unpaired) electrons. The number of rotatable bonds is 4. The standard InChI is InChI=1S/C9H18N2O4/c1-5-14-8(13)6(10)7(12)11-15-9(2,3)4/h6H,5,10H2,1-4H3,(H,11,12). The fraction of sp³-hybridized carbons (Fsp3) is 0.778. The van der Waals surface area contributed by atoms with Crippen LogP contribution in [0.5, 0.6) is 0 Å². The largest absolute Gasteiger partial charge is 0.464 e. The summed E-state index contributed by atoms with van der Waals surface area (Å²) in [6.07, 6.45) is 0. The van der Waals surface area contributed by atoms with E-state index in [-0.39, 0.29) is 6.61 Å². The highest BCUT2D eigenvalue weighted by Gasteiger charge is 2.25. The third-order valence-electron chi connectivity index (χ3n) is 1.28. The second-order valence-electron chi connectivity index (χ2n) is 3.91. The van der Waals surface area contributed by atoms with Crippen LogP contribution in [0.25, 0.3) is 0 Å². The first kappa shape index (κ1) is 13.9. The van der Waals surface area contributed by atoms with Gasteiger partial charge in [-0.1, -0.05) is 0 Å². The second-order valence-corrected chi connectivity index (χ2v) is 3.91. The van der Waals surface area contributed by atoms with Crippen LogP contribution >= 0.6 is 0 Å². The molecule has 0 aromatic carbocycles. The molecule has 0 bridgehead atoms. The van der Waals surface area contributed by atoms with E-state index in [1.165, 1.54) is 0 Å². The Morgan fingerprint density at radius 1 is 1.40 bits per heavy atom. The summed E-state index contributed by atoms with van der Waals surface area (Å²) < 4.78 is 4.58. The molecule has 0 rings (SSSR count). The molecule has 0 aliphatic carbocycles. The molecule has 0 aromatic heterocycles. The molecule has 0 aliphatic heterocycles. The monoisotopic (exact) mass is 218 g/mol. The highest BCUT2D eigenvalue weighted by Crippen LogP contribution is 2.03. The van der Waals surface area contributed by atoms with Crippen molar-refractivity contribution in [3.05, 3.63) is 0 Å². The molecule has 0 fully saturated rings. The highest BCUT2D eigenvalue weighted by molar-refractivity contribution is 6.01. The van der Waals surface area contributed by atoms with Crippen molar-refractivity contribution in [1.82, 2.24) is 5.48 Å². The highest BCUT2D eigenvalue weighted by atomic mass is 16.7. The van der Waals surface area contributed by atoms with Crippen molar-refractivity contribution in [3.63, 3.8) is 0 Å². The molecule has 0 saturated carbocycles. The molecule has 0 spiro atoms. The van der Waals surface area contributed by atoms with Gasteiger partial charge < -0.3 is 10.5 Å². The van der Waals surface area contributed by atoms with Crippen molar-refractivity contribution in [2.24, 2.45) is 5.73 Å². The topological polar surface area (TPSA) is 90.7 Å². The van der Waals surface area contributed by atoms with Crippen LogP contribution in [-0.4, -0.2) is 30.1 Å². The summed E-state index contributed by atoms with van der Waals surface area (Å²) in [4.78, 5) is 27.2. The lowest BCUT2D eigenvalue weighted by Crippen LogP contribution is -2.48. The number of hydroxylamine groups is 1. The summed E-state index contributed by atoms with van der Waals surface area (Å²) in [5.74, 6) is -1.49. The maximum atomic E-state index is 11.2. The van der Waals surface area contributed by atoms with Gasteiger partial charge in [0.2, 0.25) is 0 Å². The second kappa shape index (κ2) is 5.67. The summed E-state index contributed by atoms with van der Waals surface area (Å²) in [5.41, 5.74) is 6.87. The quantitative estimate of drug-likeness (QED) is 0.385. The maximum Gasteiger partial charge on any atom is 0.332 e. The minimum Gasteiger partial charge on any atom is -0.464 e. The number of nitrogens with two attached hydrogens (primary N) is 1. The van der Waals surface area contributed by atoms with Gasteiger partial charge in [0.05, 0.1) is 12.2 Å². The van der Waals surface area contributed by atoms with Gasteiger partial charge in [-0.15, -0.1) is 0 Å². The van der Waals surface area contributed by atoms with E-state index in [2.05, 4.69) is 10.2 Å². The van der Waals surface area contributed by atoms with Crippen molar-refractivity contribution >= 4 is 11.9 Å². The summed E-state index contributed by atoms with van der Waals surface area (Å²) in [5, 5.41) is 0. The van der Waals surface area contributed by atoms with Crippen LogP contribution in [0.2, 0.25) is 0 Å². The van der Waals surface area contributed by atoms with E-state index in [9.17, 15) is 9.59 Å². The van der Waals surface area contributed by atoms with Gasteiger partial charge in [-0.3, -0.25) is 9.63 Å². The molecule has 6 nitrogen and oxygen atoms in total. The van der Waals surface area contributed by atoms with E-state index in [0.29, 0.717) is 0 Å². The van der Waals surface area contributed by atoms with Crippen molar-refractivity contribution in [2.75, 3.05) is 6.61 Å². The number of amides is 1. The van der Waals surface area contributed by atoms with E-state index >= 15 is 0 Å². The average molecular weight is 218 g/mol. The molecule has 1 amide bonds. The SMILES string of the molecule is CCOC(=O)C(N)C(=O)NOC(C)(C)C. The van der Waals surface area contributed by atoms with Crippen LogP contribution in [0.3, 0.4) is 0 Å². The third-order valence-corrected chi connectivity index (χ3v) is 1.28. The molecule has 0 aliphatic rings. The Balaban J connectivity index is 4.05. The summed E-state index contributed by atoms with van der Waals surface area (Å²) >= 11 is 0. The molecule has 0 heterocycles. The Hall–Kier alpha value is -1.14. The summed E-state index contributed by atoms with van der Waals surface area (Å²) in [6, 6.07) is -1.35. The Bertz CT molecular complexity index is 235. The van der Waals surface area contributed by atoms with Crippen LogP contribution in [0.4, 0.5) is 0 Å². The van der Waals surface area contributed by atoms with Crippen molar-refractivity contribution in [3.8, 4) is 0 Å². The fourth-order valence-corrected chi connectivity index (χ4v) is 0.606. The minimum atomic E-state index is -1.35. The van der Waals surface area contributed by atoms with Gasteiger partial charge in [-0.05, 0) is 27.7 Å². The van der Waals surface area contributed by atoms with E-state index in [0.717, 1.165) is 0 Å². The molecule has 0 aromatic rings. The van der Waals surface area contributed by atoms with E-state index in [4.69, 9.17) is 10.6 Å². The first-order chi connectivity index (χ1) is 6.78. The third kappa shape index (κ3) is 6.03. The number of carbonyl (C=O) groups is 2. The molecule has 1 unspecified atom stereocenters. The number of nitrogens with one attached hydrogen (secondary N) is 1. The molecule has 3 N–H and O–H groups in total. The first-order valence-corrected chi connectivity index (χ1v) is 4.68. The zero-order valence-corrected chi connectivity index (χ0v) is 9.49. The van der Waals surface area contributed by atoms with E-state index in [1.54, 1.807) is 27.7 Å².